The van der Waals surface area contributed by atoms with Crippen LogP contribution in [0.5, 0.6) is 0 Å². The molecular formula is C45H60N7O9PS. The van der Waals surface area contributed by atoms with Crippen LogP contribution in [0.15, 0.2) is 102 Å². The quantitative estimate of drug-likeness (QED) is 0.0380. The molecule has 1 aliphatic heterocycles. The van der Waals surface area contributed by atoms with E-state index in [2.05, 4.69) is 15.0 Å². The Morgan fingerprint density at radius 3 is 1.98 bits per heavy atom. The molecule has 0 radical (unpaired) electrons. The van der Waals surface area contributed by atoms with Crippen molar-refractivity contribution in [3.05, 3.63) is 124 Å². The number of nitrogens with two attached hydrogens (primary N) is 2. The fourth-order valence-electron chi connectivity index (χ4n) is 10.2. The van der Waals surface area contributed by atoms with E-state index >= 15 is 0 Å². The molecule has 340 valence electrons. The molecule has 6 rings (SSSR count). The Labute approximate surface area is 372 Å². The molecule has 0 spiro atoms. The number of anilines is 1. The molecule has 3 aromatic carbocycles. The van der Waals surface area contributed by atoms with Gasteiger partial charge in [-0.25, -0.2) is 15.1 Å². The van der Waals surface area contributed by atoms with Gasteiger partial charge in [0.15, 0.2) is 28.0 Å². The number of nitrogens with one attached hydrogen (secondary N) is 1. The van der Waals surface area contributed by atoms with Crippen molar-refractivity contribution in [2.45, 2.75) is 95.7 Å². The number of aromatic amines is 1. The summed E-state index contributed by atoms with van der Waals surface area (Å²) in [6.07, 6.45) is -5.18. The number of aromatic nitrogens is 4. The van der Waals surface area contributed by atoms with Crippen molar-refractivity contribution in [2.75, 3.05) is 26.4 Å². The second-order valence-corrected chi connectivity index (χ2v) is 19.7. The van der Waals surface area contributed by atoms with E-state index in [1.54, 1.807) is 19.0 Å². The van der Waals surface area contributed by atoms with E-state index in [9.17, 15) is 29.6 Å². The summed E-state index contributed by atoms with van der Waals surface area (Å²) in [6, 6.07) is 28.6. The molecule has 9 N–H and O–H groups in total. The largest absolute Gasteiger partial charge is 0.466 e. The molecule has 5 aromatic rings. The zero-order valence-electron chi connectivity index (χ0n) is 36.9. The molecule has 1 aliphatic rings. The predicted octanol–water partition coefficient (Wildman–Crippen LogP) is 5.25. The van der Waals surface area contributed by atoms with Crippen molar-refractivity contribution < 1.29 is 38.8 Å². The van der Waals surface area contributed by atoms with Gasteiger partial charge in [0.2, 0.25) is 5.95 Å². The van der Waals surface area contributed by atoms with Gasteiger partial charge >= 0.3 is 7.75 Å². The second kappa shape index (κ2) is 17.9. The molecule has 5 unspecified atom stereocenters. The smallest absolute Gasteiger partial charge is 0.400 e. The van der Waals surface area contributed by atoms with Gasteiger partial charge in [-0.3, -0.25) is 18.9 Å². The average molecular weight is 906 g/mol. The summed E-state index contributed by atoms with van der Waals surface area (Å²) in [5.74, 6) is -0.877. The summed E-state index contributed by atoms with van der Waals surface area (Å²) in [5, 5.41) is 37.8. The van der Waals surface area contributed by atoms with E-state index in [1.807, 2.05) is 126 Å². The van der Waals surface area contributed by atoms with Crippen molar-refractivity contribution in [3.8, 4) is 0 Å². The van der Waals surface area contributed by atoms with Crippen LogP contribution in [0.3, 0.4) is 0 Å². The Balaban J connectivity index is 1.68. The number of nitrogens with zero attached hydrogens (tertiary/aromatic N) is 4. The number of H-pyrrole nitrogens is 1. The number of thiocarbonyl (C=S) groups is 1. The highest BCUT2D eigenvalue weighted by atomic mass is 32.1. The van der Waals surface area contributed by atoms with Crippen molar-refractivity contribution in [3.63, 3.8) is 0 Å². The lowest BCUT2D eigenvalue weighted by Crippen LogP contribution is -2.74. The molecule has 0 saturated carbocycles. The SMILES string of the molecule is CCCC(C)C(C(=S)OC(c1ccccc1)(c1ccccc1)c1ccccc1)(C(C)(C)C)C(CN(C)C)(OP(N)(=O)O)C(O)[C@H]1O[C@@H](n2cnc3c(=O)[nH]c(N)nc32)[C@](C)(O)[C@@H]1O. The number of likely N-dealkylation sites (N-methyl/N-ethyl adjacent to an activating group) is 1. The monoisotopic (exact) mass is 905 g/mol. The maximum absolute atomic E-state index is 14.0. The van der Waals surface area contributed by atoms with E-state index in [0.29, 0.717) is 29.5 Å². The van der Waals surface area contributed by atoms with Crippen LogP contribution in [0.25, 0.3) is 11.2 Å². The number of hydrogen-bond acceptors (Lipinski definition) is 13. The first kappa shape index (κ1) is 48.1. The number of aliphatic hydroxyl groups excluding tert-OH is 2. The summed E-state index contributed by atoms with van der Waals surface area (Å²) in [6.45, 7) is 10.5. The summed E-state index contributed by atoms with van der Waals surface area (Å²) >= 11 is 6.74. The summed E-state index contributed by atoms with van der Waals surface area (Å²) in [7, 11) is -1.80. The summed E-state index contributed by atoms with van der Waals surface area (Å²) in [5.41, 5.74) is 4.20. The minimum atomic E-state index is -5.17. The van der Waals surface area contributed by atoms with Gasteiger partial charge in [-0.1, -0.05) is 132 Å². The van der Waals surface area contributed by atoms with Gasteiger partial charge in [-0.2, -0.15) is 4.98 Å². The number of hydrogen-bond donors (Lipinski definition) is 7. The summed E-state index contributed by atoms with van der Waals surface area (Å²) in [4.78, 5) is 36.6. The van der Waals surface area contributed by atoms with Crippen LogP contribution in [-0.4, -0.2) is 99.8 Å². The third kappa shape index (κ3) is 8.40. The summed E-state index contributed by atoms with van der Waals surface area (Å²) < 4.78 is 35.8. The van der Waals surface area contributed by atoms with Gasteiger partial charge in [0.25, 0.3) is 5.56 Å². The van der Waals surface area contributed by atoms with E-state index in [0.717, 1.165) is 0 Å². The van der Waals surface area contributed by atoms with E-state index in [1.165, 1.54) is 17.8 Å². The van der Waals surface area contributed by atoms with Gasteiger partial charge in [-0.15, -0.1) is 0 Å². The molecule has 3 heterocycles. The predicted molar refractivity (Wildman–Crippen MR) is 244 cm³/mol. The normalized spacial score (nSPS) is 23.4. The molecule has 2 aromatic heterocycles. The van der Waals surface area contributed by atoms with E-state index in [-0.39, 0.29) is 28.7 Å². The highest BCUT2D eigenvalue weighted by Crippen LogP contribution is 2.63. The molecule has 16 nitrogen and oxygen atoms in total. The molecule has 0 bridgehead atoms. The first-order valence-electron chi connectivity index (χ1n) is 20.8. The van der Waals surface area contributed by atoms with Gasteiger partial charge in [-0.05, 0) is 51.0 Å². The number of imidazole rings is 1. The number of nitrogen functional groups attached to an aromatic ring is 1. The van der Waals surface area contributed by atoms with Crippen LogP contribution in [0, 0.1) is 16.7 Å². The molecule has 18 heteroatoms. The van der Waals surface area contributed by atoms with Crippen molar-refractivity contribution in [1.29, 1.82) is 0 Å². The lowest BCUT2D eigenvalue weighted by molar-refractivity contribution is -0.224. The van der Waals surface area contributed by atoms with Crippen LogP contribution >= 0.6 is 20.0 Å². The Kier molecular flexibility index (Phi) is 13.6. The third-order valence-electron chi connectivity index (χ3n) is 12.5. The first-order chi connectivity index (χ1) is 29.5. The second-order valence-electron chi connectivity index (χ2n) is 18.0. The lowest BCUT2D eigenvalue weighted by atomic mass is 9.49. The van der Waals surface area contributed by atoms with Crippen molar-refractivity contribution in [1.82, 2.24) is 24.4 Å². The maximum Gasteiger partial charge on any atom is 0.400 e. The Morgan fingerprint density at radius 2 is 1.54 bits per heavy atom. The van der Waals surface area contributed by atoms with Crippen molar-refractivity contribution in [2.24, 2.45) is 22.3 Å². The molecule has 0 amide bonds. The van der Waals surface area contributed by atoms with Gasteiger partial charge in [0.1, 0.15) is 29.5 Å². The first-order valence-corrected chi connectivity index (χ1v) is 22.9. The minimum absolute atomic E-state index is 0.0734. The van der Waals surface area contributed by atoms with Gasteiger partial charge < -0.3 is 40.3 Å². The van der Waals surface area contributed by atoms with Crippen LogP contribution in [0.1, 0.15) is 77.3 Å². The Bertz CT molecular complexity index is 2380. The number of benzene rings is 3. The highest BCUT2D eigenvalue weighted by molar-refractivity contribution is 7.80. The minimum Gasteiger partial charge on any atom is -0.466 e. The van der Waals surface area contributed by atoms with E-state index < -0.39 is 71.4 Å². The Hall–Kier alpha value is -4.39. The highest BCUT2D eigenvalue weighted by Gasteiger charge is 2.73. The molecule has 0 aliphatic carbocycles. The van der Waals surface area contributed by atoms with Crippen LogP contribution in [0.2, 0.25) is 0 Å². The lowest BCUT2D eigenvalue weighted by Gasteiger charge is -2.62. The number of ether oxygens (including phenoxy) is 2. The van der Waals surface area contributed by atoms with Gasteiger partial charge in [0.05, 0.1) is 11.7 Å². The fourth-order valence-corrected chi connectivity index (χ4v) is 11.7. The van der Waals surface area contributed by atoms with Crippen LogP contribution in [-0.2, 0) is 24.2 Å². The number of aliphatic hydroxyl groups is 3. The molecule has 1 saturated heterocycles. The molecule has 1 fully saturated rings. The van der Waals surface area contributed by atoms with Gasteiger partial charge in [0, 0.05) is 23.2 Å². The molecule has 9 atom stereocenters. The third-order valence-corrected chi connectivity index (χ3v) is 13.4. The standard InChI is InChI=1S/C45H60N7O9PS/c1-9-19-28(2)45(41(3,4)5,39(63)60-44(29-20-13-10-14-21-29,30-22-15-11-16-23-30)31-24-17-12-18-25-31)43(26-51(7)8,61-62(47,57)58)35(54)33-34(53)42(6,56)38(59-33)52-27-48-32-36(52)49-40(46)50-37(32)55/h10-18,20-25,27-28,33-35,38,53-54,56H,9,19,26H2,1-8H3,(H3,47,57,58)(H3,46,49,50,55)/t28?,33-,34+,35?,38+,42+,43?,45?/m0/s1. The average Bonchev–Trinajstić information content (AvgIpc) is 3.73. The zero-order chi connectivity index (χ0) is 46.3. The fraction of sp³-hybridized carbons (Fsp3) is 0.467. The van der Waals surface area contributed by atoms with Crippen molar-refractivity contribution >= 4 is 42.1 Å². The van der Waals surface area contributed by atoms with Crippen LogP contribution in [0.4, 0.5) is 5.95 Å². The molecule has 63 heavy (non-hydrogen) atoms. The maximum atomic E-state index is 14.0. The Morgan fingerprint density at radius 1 is 1.03 bits per heavy atom. The van der Waals surface area contributed by atoms with E-state index in [4.69, 9.17) is 37.5 Å². The number of rotatable bonds is 16. The van der Waals surface area contributed by atoms with Crippen LogP contribution < -0.4 is 16.8 Å². The topological polar surface area (TPSA) is 245 Å². The number of fused-ring (bicyclic) bond motifs is 1. The zero-order valence-corrected chi connectivity index (χ0v) is 38.6. The molecular weight excluding hydrogens is 846 g/mol.